The summed E-state index contributed by atoms with van der Waals surface area (Å²) in [6.45, 7) is 0.304. The molecule has 1 unspecified atom stereocenters. The summed E-state index contributed by atoms with van der Waals surface area (Å²) in [4.78, 5) is 1.83. The molecule has 1 aliphatic rings. The monoisotopic (exact) mass is 199 g/mol. The number of nitriles is 2. The first kappa shape index (κ1) is 9.36. The number of para-hydroxylation sites is 1. The van der Waals surface area contributed by atoms with Crippen LogP contribution in [0.15, 0.2) is 18.2 Å². The van der Waals surface area contributed by atoms with Crippen LogP contribution in [0.25, 0.3) is 0 Å². The van der Waals surface area contributed by atoms with Crippen LogP contribution in [0.1, 0.15) is 5.56 Å². The Morgan fingerprint density at radius 2 is 2.27 bits per heavy atom. The quantitative estimate of drug-likeness (QED) is 0.631. The second kappa shape index (κ2) is 3.51. The molecule has 0 saturated heterocycles. The number of nitrogens with zero attached hydrogens (tertiary/aromatic N) is 3. The van der Waals surface area contributed by atoms with Crippen molar-refractivity contribution in [3.05, 3.63) is 23.8 Å². The number of benzene rings is 1. The van der Waals surface area contributed by atoms with Gasteiger partial charge < -0.3 is 9.64 Å². The number of likely N-dealkylation sites (N-methyl/N-ethyl adjacent to an activating group) is 1. The smallest absolute Gasteiger partial charge is 0.160 e. The molecule has 0 fully saturated rings. The van der Waals surface area contributed by atoms with E-state index in [-0.39, 0.29) is 6.04 Å². The van der Waals surface area contributed by atoms with E-state index in [1.165, 1.54) is 0 Å². The fraction of sp³-hybridized carbons (Fsp3) is 0.273. The molecular formula is C11H9N3O. The summed E-state index contributed by atoms with van der Waals surface area (Å²) < 4.78 is 5.43. The average molecular weight is 199 g/mol. The van der Waals surface area contributed by atoms with Gasteiger partial charge >= 0.3 is 0 Å². The fourth-order valence-corrected chi connectivity index (χ4v) is 1.61. The van der Waals surface area contributed by atoms with E-state index in [1.54, 1.807) is 12.1 Å². The lowest BCUT2D eigenvalue weighted by Gasteiger charge is -2.32. The Hall–Kier alpha value is -2.20. The van der Waals surface area contributed by atoms with Crippen LogP contribution in [0, 0.1) is 22.7 Å². The summed E-state index contributed by atoms with van der Waals surface area (Å²) in [6, 6.07) is 9.28. The molecule has 0 N–H and O–H groups in total. The number of hydrogen-bond donors (Lipinski definition) is 0. The zero-order chi connectivity index (χ0) is 10.8. The van der Waals surface area contributed by atoms with Crippen LogP contribution in [0.4, 0.5) is 5.69 Å². The molecule has 0 aromatic heterocycles. The molecule has 4 heteroatoms. The van der Waals surface area contributed by atoms with E-state index < -0.39 is 0 Å². The van der Waals surface area contributed by atoms with Gasteiger partial charge in [-0.15, -0.1) is 0 Å². The van der Waals surface area contributed by atoms with E-state index >= 15 is 0 Å². The Balaban J connectivity index is 2.51. The number of ether oxygens (including phenoxy) is 1. The van der Waals surface area contributed by atoms with Crippen LogP contribution >= 0.6 is 0 Å². The third-order valence-electron chi connectivity index (χ3n) is 2.50. The third kappa shape index (κ3) is 1.37. The van der Waals surface area contributed by atoms with Gasteiger partial charge in [0.2, 0.25) is 0 Å². The van der Waals surface area contributed by atoms with Gasteiger partial charge in [-0.1, -0.05) is 6.07 Å². The topological polar surface area (TPSA) is 60.1 Å². The summed E-state index contributed by atoms with van der Waals surface area (Å²) in [5.74, 6) is 0.578. The van der Waals surface area contributed by atoms with E-state index in [2.05, 4.69) is 12.1 Å². The summed E-state index contributed by atoms with van der Waals surface area (Å²) in [7, 11) is 1.83. The van der Waals surface area contributed by atoms with Gasteiger partial charge in [0.05, 0.1) is 17.3 Å². The molecule has 0 spiro atoms. The minimum Gasteiger partial charge on any atom is -0.487 e. The molecule has 2 rings (SSSR count). The van der Waals surface area contributed by atoms with Crippen molar-refractivity contribution >= 4 is 5.69 Å². The number of rotatable bonds is 0. The maximum absolute atomic E-state index is 8.89. The van der Waals surface area contributed by atoms with E-state index in [0.29, 0.717) is 17.9 Å². The zero-order valence-corrected chi connectivity index (χ0v) is 8.27. The predicted molar refractivity (Wildman–Crippen MR) is 54.5 cm³/mol. The van der Waals surface area contributed by atoms with Crippen LogP contribution in [-0.4, -0.2) is 19.7 Å². The van der Waals surface area contributed by atoms with E-state index in [4.69, 9.17) is 15.3 Å². The van der Waals surface area contributed by atoms with Crippen LogP contribution in [-0.2, 0) is 0 Å². The summed E-state index contributed by atoms with van der Waals surface area (Å²) in [5, 5.41) is 17.8. The SMILES string of the molecule is CN1c2cccc(C#N)c2OCC1C#N. The van der Waals surface area contributed by atoms with Crippen LogP contribution in [0.5, 0.6) is 5.75 Å². The average Bonchev–Trinajstić information content (AvgIpc) is 2.29. The Labute approximate surface area is 87.9 Å². The molecule has 0 bridgehead atoms. The normalized spacial score (nSPS) is 18.3. The minimum atomic E-state index is -0.286. The van der Waals surface area contributed by atoms with Gasteiger partial charge in [-0.25, -0.2) is 0 Å². The first-order chi connectivity index (χ1) is 7.27. The lowest BCUT2D eigenvalue weighted by atomic mass is 10.1. The predicted octanol–water partition coefficient (Wildman–Crippen LogP) is 1.28. The Bertz CT molecular complexity index is 470. The lowest BCUT2D eigenvalue weighted by molar-refractivity contribution is 0.288. The van der Waals surface area contributed by atoms with Gasteiger partial charge in [0.1, 0.15) is 12.7 Å². The van der Waals surface area contributed by atoms with Gasteiger partial charge in [0, 0.05) is 7.05 Å². The number of anilines is 1. The molecule has 1 aromatic rings. The van der Waals surface area contributed by atoms with Crippen molar-refractivity contribution in [1.82, 2.24) is 0 Å². The van der Waals surface area contributed by atoms with Crippen molar-refractivity contribution in [3.8, 4) is 17.9 Å². The molecule has 74 valence electrons. The van der Waals surface area contributed by atoms with Crippen LogP contribution in [0.2, 0.25) is 0 Å². The first-order valence-corrected chi connectivity index (χ1v) is 4.56. The largest absolute Gasteiger partial charge is 0.487 e. The Morgan fingerprint density at radius 3 is 2.93 bits per heavy atom. The van der Waals surface area contributed by atoms with Crippen molar-refractivity contribution in [2.45, 2.75) is 6.04 Å². The van der Waals surface area contributed by atoms with Crippen molar-refractivity contribution in [2.24, 2.45) is 0 Å². The first-order valence-electron chi connectivity index (χ1n) is 4.56. The standard InChI is InChI=1S/C11H9N3O/c1-14-9(6-13)7-15-11-8(5-12)3-2-4-10(11)14/h2-4,9H,7H2,1H3. The molecule has 1 aliphatic heterocycles. The van der Waals surface area contributed by atoms with Crippen molar-refractivity contribution in [2.75, 3.05) is 18.6 Å². The molecule has 1 atom stereocenters. The third-order valence-corrected chi connectivity index (χ3v) is 2.50. The molecule has 0 amide bonds. The van der Waals surface area contributed by atoms with E-state index in [9.17, 15) is 0 Å². The van der Waals surface area contributed by atoms with E-state index in [1.807, 2.05) is 18.0 Å². The van der Waals surface area contributed by atoms with Crippen LogP contribution in [0.3, 0.4) is 0 Å². The van der Waals surface area contributed by atoms with Crippen molar-refractivity contribution < 1.29 is 4.74 Å². The summed E-state index contributed by atoms with van der Waals surface area (Å²) in [5.41, 5.74) is 1.31. The summed E-state index contributed by atoms with van der Waals surface area (Å²) >= 11 is 0. The lowest BCUT2D eigenvalue weighted by Crippen LogP contribution is -2.39. The number of fused-ring (bicyclic) bond motifs is 1. The molecular weight excluding hydrogens is 190 g/mol. The highest BCUT2D eigenvalue weighted by Crippen LogP contribution is 2.35. The highest BCUT2D eigenvalue weighted by atomic mass is 16.5. The molecule has 0 radical (unpaired) electrons. The Kier molecular flexibility index (Phi) is 2.19. The van der Waals surface area contributed by atoms with Crippen molar-refractivity contribution in [3.63, 3.8) is 0 Å². The summed E-state index contributed by atoms with van der Waals surface area (Å²) in [6.07, 6.45) is 0. The second-order valence-corrected chi connectivity index (χ2v) is 3.33. The molecule has 15 heavy (non-hydrogen) atoms. The molecule has 0 aliphatic carbocycles. The molecule has 4 nitrogen and oxygen atoms in total. The molecule has 0 saturated carbocycles. The minimum absolute atomic E-state index is 0.286. The van der Waals surface area contributed by atoms with Gasteiger partial charge in [-0.05, 0) is 12.1 Å². The maximum atomic E-state index is 8.89. The molecule has 1 heterocycles. The van der Waals surface area contributed by atoms with Gasteiger partial charge in [0.25, 0.3) is 0 Å². The molecule has 1 aromatic carbocycles. The van der Waals surface area contributed by atoms with Crippen LogP contribution < -0.4 is 9.64 Å². The highest BCUT2D eigenvalue weighted by Gasteiger charge is 2.25. The number of hydrogen-bond acceptors (Lipinski definition) is 4. The van der Waals surface area contributed by atoms with E-state index in [0.717, 1.165) is 5.69 Å². The zero-order valence-electron chi connectivity index (χ0n) is 8.27. The second-order valence-electron chi connectivity index (χ2n) is 3.33. The highest BCUT2D eigenvalue weighted by molar-refractivity contribution is 5.66. The fourth-order valence-electron chi connectivity index (χ4n) is 1.61. The van der Waals surface area contributed by atoms with Gasteiger partial charge in [-0.3, -0.25) is 0 Å². The van der Waals surface area contributed by atoms with Gasteiger partial charge in [-0.2, -0.15) is 10.5 Å². The van der Waals surface area contributed by atoms with Gasteiger partial charge in [0.15, 0.2) is 11.8 Å². The van der Waals surface area contributed by atoms with Crippen molar-refractivity contribution in [1.29, 1.82) is 10.5 Å². The Morgan fingerprint density at radius 1 is 1.47 bits per heavy atom. The maximum Gasteiger partial charge on any atom is 0.160 e.